The van der Waals surface area contributed by atoms with E-state index >= 15 is 0 Å². The van der Waals surface area contributed by atoms with E-state index in [1.54, 1.807) is 24.3 Å². The maximum absolute atomic E-state index is 13.5. The third kappa shape index (κ3) is 3.09. The number of hydrogen-bond donors (Lipinski definition) is 1. The van der Waals surface area contributed by atoms with Crippen LogP contribution in [0.1, 0.15) is 17.2 Å². The van der Waals surface area contributed by atoms with Gasteiger partial charge in [0.25, 0.3) is 0 Å². The molecule has 0 saturated heterocycles. The van der Waals surface area contributed by atoms with Gasteiger partial charge in [0.05, 0.1) is 18.8 Å². The second-order valence-electron chi connectivity index (χ2n) is 4.21. The standard InChI is InChI=1S/C15H14F2O2/c1-19-11-5-2-4-10(8-11)9-14(18)15-12(16)6-3-7-13(15)17/h2-8,14,18H,9H2,1H3. The van der Waals surface area contributed by atoms with Crippen LogP contribution in [-0.2, 0) is 6.42 Å². The van der Waals surface area contributed by atoms with Gasteiger partial charge in [-0.15, -0.1) is 0 Å². The zero-order valence-corrected chi connectivity index (χ0v) is 10.4. The van der Waals surface area contributed by atoms with Crippen LogP contribution in [0.5, 0.6) is 5.75 Å². The Labute approximate surface area is 110 Å². The first-order valence-corrected chi connectivity index (χ1v) is 5.86. The largest absolute Gasteiger partial charge is 0.497 e. The van der Waals surface area contributed by atoms with Crippen molar-refractivity contribution >= 4 is 0 Å². The summed E-state index contributed by atoms with van der Waals surface area (Å²) in [6.45, 7) is 0. The molecule has 0 fully saturated rings. The van der Waals surface area contributed by atoms with Crippen LogP contribution < -0.4 is 4.74 Å². The maximum atomic E-state index is 13.5. The number of halogens is 2. The molecule has 2 rings (SSSR count). The summed E-state index contributed by atoms with van der Waals surface area (Å²) in [5.41, 5.74) is 0.444. The SMILES string of the molecule is COc1cccc(CC(O)c2c(F)cccc2F)c1. The van der Waals surface area contributed by atoms with Crippen LogP contribution in [0.15, 0.2) is 42.5 Å². The third-order valence-corrected chi connectivity index (χ3v) is 2.90. The van der Waals surface area contributed by atoms with Crippen molar-refractivity contribution in [3.8, 4) is 5.75 Å². The highest BCUT2D eigenvalue weighted by molar-refractivity contribution is 5.30. The van der Waals surface area contributed by atoms with Crippen molar-refractivity contribution in [2.24, 2.45) is 0 Å². The third-order valence-electron chi connectivity index (χ3n) is 2.90. The molecule has 100 valence electrons. The van der Waals surface area contributed by atoms with E-state index in [-0.39, 0.29) is 12.0 Å². The highest BCUT2D eigenvalue weighted by Gasteiger charge is 2.18. The van der Waals surface area contributed by atoms with Crippen LogP contribution in [-0.4, -0.2) is 12.2 Å². The Bertz CT molecular complexity index is 550. The van der Waals surface area contributed by atoms with Crippen molar-refractivity contribution in [2.75, 3.05) is 7.11 Å². The molecule has 19 heavy (non-hydrogen) atoms. The number of benzene rings is 2. The molecule has 2 aromatic carbocycles. The highest BCUT2D eigenvalue weighted by Crippen LogP contribution is 2.25. The van der Waals surface area contributed by atoms with E-state index in [4.69, 9.17) is 4.74 Å². The Morgan fingerprint density at radius 3 is 2.37 bits per heavy atom. The van der Waals surface area contributed by atoms with Crippen molar-refractivity contribution in [3.63, 3.8) is 0 Å². The fraction of sp³-hybridized carbons (Fsp3) is 0.200. The predicted octanol–water partition coefficient (Wildman–Crippen LogP) is 3.25. The number of aliphatic hydroxyl groups is 1. The topological polar surface area (TPSA) is 29.5 Å². The Hall–Kier alpha value is -1.94. The minimum Gasteiger partial charge on any atom is -0.497 e. The smallest absolute Gasteiger partial charge is 0.131 e. The minimum atomic E-state index is -1.23. The van der Waals surface area contributed by atoms with Gasteiger partial charge in [0.15, 0.2) is 0 Å². The van der Waals surface area contributed by atoms with E-state index in [1.807, 2.05) is 0 Å². The fourth-order valence-electron chi connectivity index (χ4n) is 1.95. The van der Waals surface area contributed by atoms with E-state index < -0.39 is 17.7 Å². The summed E-state index contributed by atoms with van der Waals surface area (Å²) in [6, 6.07) is 10.6. The molecule has 0 amide bonds. The molecule has 0 saturated carbocycles. The predicted molar refractivity (Wildman–Crippen MR) is 68.0 cm³/mol. The van der Waals surface area contributed by atoms with Crippen molar-refractivity contribution < 1.29 is 18.6 Å². The molecule has 0 aliphatic heterocycles. The van der Waals surface area contributed by atoms with Gasteiger partial charge in [0.2, 0.25) is 0 Å². The lowest BCUT2D eigenvalue weighted by atomic mass is 10.0. The maximum Gasteiger partial charge on any atom is 0.131 e. The summed E-state index contributed by atoms with van der Waals surface area (Å²) in [6.07, 6.45) is -1.11. The molecule has 0 spiro atoms. The summed E-state index contributed by atoms with van der Waals surface area (Å²) in [5.74, 6) is -0.843. The van der Waals surface area contributed by atoms with Crippen LogP contribution in [0.4, 0.5) is 8.78 Å². The first-order valence-electron chi connectivity index (χ1n) is 5.86. The number of aliphatic hydroxyl groups excluding tert-OH is 1. The zero-order valence-electron chi connectivity index (χ0n) is 10.4. The molecule has 1 atom stereocenters. The van der Waals surface area contributed by atoms with E-state index in [2.05, 4.69) is 0 Å². The summed E-state index contributed by atoms with van der Waals surface area (Å²) in [7, 11) is 1.53. The zero-order chi connectivity index (χ0) is 13.8. The first kappa shape index (κ1) is 13.5. The van der Waals surface area contributed by atoms with E-state index in [9.17, 15) is 13.9 Å². The number of ether oxygens (including phenoxy) is 1. The molecule has 0 heterocycles. The van der Waals surface area contributed by atoms with Gasteiger partial charge in [-0.2, -0.15) is 0 Å². The quantitative estimate of drug-likeness (QED) is 0.918. The molecular formula is C15H14F2O2. The van der Waals surface area contributed by atoms with Gasteiger partial charge < -0.3 is 9.84 Å². The molecule has 2 aromatic rings. The van der Waals surface area contributed by atoms with Gasteiger partial charge in [-0.1, -0.05) is 18.2 Å². The molecular weight excluding hydrogens is 250 g/mol. The molecule has 0 aromatic heterocycles. The van der Waals surface area contributed by atoms with Crippen molar-refractivity contribution in [1.29, 1.82) is 0 Å². The number of methoxy groups -OCH3 is 1. The molecule has 1 N–H and O–H groups in total. The Kier molecular flexibility index (Phi) is 4.12. The average Bonchev–Trinajstić information content (AvgIpc) is 2.38. The van der Waals surface area contributed by atoms with Gasteiger partial charge in [-0.3, -0.25) is 0 Å². The molecule has 0 aliphatic rings. The second-order valence-corrected chi connectivity index (χ2v) is 4.21. The fourth-order valence-corrected chi connectivity index (χ4v) is 1.95. The van der Waals surface area contributed by atoms with Crippen LogP contribution in [0.2, 0.25) is 0 Å². The van der Waals surface area contributed by atoms with Crippen LogP contribution in [0, 0.1) is 11.6 Å². The van der Waals surface area contributed by atoms with Gasteiger partial charge in [0, 0.05) is 6.42 Å². The van der Waals surface area contributed by atoms with Crippen LogP contribution >= 0.6 is 0 Å². The molecule has 0 radical (unpaired) electrons. The van der Waals surface area contributed by atoms with Gasteiger partial charge in [-0.25, -0.2) is 8.78 Å². The number of rotatable bonds is 4. The lowest BCUT2D eigenvalue weighted by Crippen LogP contribution is -2.07. The molecule has 0 aliphatic carbocycles. The second kappa shape index (κ2) is 5.80. The van der Waals surface area contributed by atoms with E-state index in [1.165, 1.54) is 13.2 Å². The highest BCUT2D eigenvalue weighted by atomic mass is 19.1. The first-order chi connectivity index (χ1) is 9.11. The molecule has 2 nitrogen and oxygen atoms in total. The molecule has 0 bridgehead atoms. The van der Waals surface area contributed by atoms with Crippen molar-refractivity contribution in [1.82, 2.24) is 0 Å². The normalized spacial score (nSPS) is 12.2. The summed E-state index contributed by atoms with van der Waals surface area (Å²) in [5, 5.41) is 9.98. The molecule has 4 heteroatoms. The van der Waals surface area contributed by atoms with Crippen molar-refractivity contribution in [3.05, 3.63) is 65.2 Å². The lowest BCUT2D eigenvalue weighted by molar-refractivity contribution is 0.168. The Morgan fingerprint density at radius 1 is 1.11 bits per heavy atom. The van der Waals surface area contributed by atoms with Gasteiger partial charge >= 0.3 is 0 Å². The lowest BCUT2D eigenvalue weighted by Gasteiger charge is -2.13. The summed E-state index contributed by atoms with van der Waals surface area (Å²) in [4.78, 5) is 0. The van der Waals surface area contributed by atoms with Gasteiger partial charge in [-0.05, 0) is 29.8 Å². The van der Waals surface area contributed by atoms with E-state index in [0.29, 0.717) is 5.75 Å². The van der Waals surface area contributed by atoms with Crippen LogP contribution in [0.25, 0.3) is 0 Å². The van der Waals surface area contributed by atoms with Crippen LogP contribution in [0.3, 0.4) is 0 Å². The summed E-state index contributed by atoms with van der Waals surface area (Å²) < 4.78 is 32.1. The summed E-state index contributed by atoms with van der Waals surface area (Å²) >= 11 is 0. The number of hydrogen-bond acceptors (Lipinski definition) is 2. The Balaban J connectivity index is 2.23. The Morgan fingerprint density at radius 2 is 1.74 bits per heavy atom. The van der Waals surface area contributed by atoms with E-state index in [0.717, 1.165) is 17.7 Å². The monoisotopic (exact) mass is 264 g/mol. The average molecular weight is 264 g/mol. The minimum absolute atomic E-state index is 0.120. The van der Waals surface area contributed by atoms with Gasteiger partial charge in [0.1, 0.15) is 17.4 Å². The van der Waals surface area contributed by atoms with Crippen molar-refractivity contribution in [2.45, 2.75) is 12.5 Å². The molecule has 1 unspecified atom stereocenters.